The van der Waals surface area contributed by atoms with E-state index in [0.717, 1.165) is 24.3 Å². The van der Waals surface area contributed by atoms with Crippen LogP contribution in [0.5, 0.6) is 0 Å². The van der Waals surface area contributed by atoms with Crippen molar-refractivity contribution >= 4 is 39.8 Å². The van der Waals surface area contributed by atoms with Gasteiger partial charge in [-0.2, -0.15) is 0 Å². The van der Waals surface area contributed by atoms with Gasteiger partial charge in [-0.25, -0.2) is 0 Å². The maximum atomic E-state index is 5.57. The second kappa shape index (κ2) is 17.6. The van der Waals surface area contributed by atoms with Crippen molar-refractivity contribution in [1.82, 2.24) is 4.57 Å². The Labute approximate surface area is 358 Å². The molecule has 2 heterocycles. The second-order valence-corrected chi connectivity index (χ2v) is 17.6. The monoisotopic (exact) mass is 788 g/mol. The van der Waals surface area contributed by atoms with Crippen molar-refractivity contribution < 1.29 is 0 Å². The number of rotatable bonds is 13. The van der Waals surface area contributed by atoms with Crippen molar-refractivity contribution in [2.24, 2.45) is 4.99 Å². The Kier molecular flexibility index (Phi) is 11.9. The molecule has 0 spiro atoms. The van der Waals surface area contributed by atoms with E-state index in [2.05, 4.69) is 228 Å². The molecule has 0 fully saturated rings. The molecule has 304 valence electrons. The van der Waals surface area contributed by atoms with Crippen LogP contribution in [0.1, 0.15) is 135 Å². The number of anilines is 2. The molecule has 60 heavy (non-hydrogen) atoms. The molecule has 1 unspecified atom stereocenters. The number of aromatic nitrogens is 1. The third-order valence-electron chi connectivity index (χ3n) is 12.2. The largest absolute Gasteiger partial charge is 0.361 e. The highest BCUT2D eigenvalue weighted by Gasteiger charge is 2.39. The summed E-state index contributed by atoms with van der Waals surface area (Å²) in [6.07, 6.45) is 4.53. The Bertz CT molecular complexity index is 2590. The normalized spacial score (nSPS) is 14.8. The van der Waals surface area contributed by atoms with Crippen molar-refractivity contribution in [1.29, 1.82) is 0 Å². The standard InChI is InChI=1S/C56H60N4/c1-37(2)43-27-19-28-44(38(3)4)53(43)57-33-49-47-25-15-17-31-51(47)59(35-41-21-11-9-12-22-41)55(49)56-50(34-58-54-45(39(5)6)29-20-30-46(54)40(7)8)48-26-16-18-32-52(48)60(56)36-42-23-13-10-14-24-42/h9-34,37-40,55,57H,35-36H2,1-8H3/b49-33+,58-34?. The summed E-state index contributed by atoms with van der Waals surface area (Å²) >= 11 is 0. The summed E-state index contributed by atoms with van der Waals surface area (Å²) in [6.45, 7) is 19.8. The van der Waals surface area contributed by atoms with E-state index in [0.29, 0.717) is 23.7 Å². The predicted molar refractivity (Wildman–Crippen MR) is 257 cm³/mol. The molecule has 1 aliphatic heterocycles. The fraction of sp³-hybridized carbons (Fsp3) is 0.268. The van der Waals surface area contributed by atoms with Crippen LogP contribution < -0.4 is 10.2 Å². The molecular weight excluding hydrogens is 729 g/mol. The maximum Gasteiger partial charge on any atom is 0.0977 e. The fourth-order valence-electron chi connectivity index (χ4n) is 9.21. The summed E-state index contributed by atoms with van der Waals surface area (Å²) in [5.74, 6) is 1.41. The molecule has 0 radical (unpaired) electrons. The van der Waals surface area contributed by atoms with Crippen molar-refractivity contribution in [2.45, 2.75) is 98.2 Å². The number of nitrogens with zero attached hydrogens (tertiary/aromatic N) is 3. The number of nitrogens with one attached hydrogen (secondary N) is 1. The van der Waals surface area contributed by atoms with Crippen LogP contribution in [0.2, 0.25) is 0 Å². The molecule has 4 nitrogen and oxygen atoms in total. The molecule has 8 rings (SSSR count). The number of benzene rings is 6. The number of fused-ring (bicyclic) bond motifs is 2. The van der Waals surface area contributed by atoms with Crippen molar-refractivity contribution in [2.75, 3.05) is 10.2 Å². The minimum absolute atomic E-state index is 0.147. The van der Waals surface area contributed by atoms with Gasteiger partial charge in [-0.05, 0) is 69.2 Å². The Balaban J connectivity index is 1.43. The molecule has 0 bridgehead atoms. The zero-order valence-corrected chi connectivity index (χ0v) is 36.7. The zero-order chi connectivity index (χ0) is 41.9. The van der Waals surface area contributed by atoms with Crippen molar-refractivity contribution in [3.05, 3.63) is 202 Å². The van der Waals surface area contributed by atoms with Gasteiger partial charge in [0.25, 0.3) is 0 Å². The van der Waals surface area contributed by atoms with Crippen LogP contribution in [0, 0.1) is 0 Å². The van der Waals surface area contributed by atoms with Gasteiger partial charge < -0.3 is 14.8 Å². The van der Waals surface area contributed by atoms with Crippen LogP contribution in [0.25, 0.3) is 16.5 Å². The van der Waals surface area contributed by atoms with E-state index in [1.54, 1.807) is 0 Å². The molecule has 6 aromatic carbocycles. The van der Waals surface area contributed by atoms with Gasteiger partial charge in [-0.15, -0.1) is 0 Å². The minimum atomic E-state index is -0.147. The molecule has 0 amide bonds. The maximum absolute atomic E-state index is 5.57. The predicted octanol–water partition coefficient (Wildman–Crippen LogP) is 15.1. The Morgan fingerprint density at radius 3 is 1.67 bits per heavy atom. The molecule has 0 saturated heterocycles. The van der Waals surface area contributed by atoms with E-state index in [-0.39, 0.29) is 6.04 Å². The first-order valence-corrected chi connectivity index (χ1v) is 21.9. The summed E-state index contributed by atoms with van der Waals surface area (Å²) in [7, 11) is 0. The van der Waals surface area contributed by atoms with Gasteiger partial charge in [0.15, 0.2) is 0 Å². The van der Waals surface area contributed by atoms with Crippen LogP contribution in [-0.2, 0) is 13.1 Å². The van der Waals surface area contributed by atoms with Gasteiger partial charge in [0.05, 0.1) is 17.4 Å². The first-order valence-electron chi connectivity index (χ1n) is 21.9. The molecule has 4 heteroatoms. The summed E-state index contributed by atoms with van der Waals surface area (Å²) in [6, 6.07) is 53.1. The Morgan fingerprint density at radius 2 is 1.07 bits per heavy atom. The van der Waals surface area contributed by atoms with Gasteiger partial charge in [0.2, 0.25) is 0 Å². The zero-order valence-electron chi connectivity index (χ0n) is 36.7. The lowest BCUT2D eigenvalue weighted by Crippen LogP contribution is -2.27. The van der Waals surface area contributed by atoms with E-state index in [4.69, 9.17) is 4.99 Å². The highest BCUT2D eigenvalue weighted by atomic mass is 15.2. The summed E-state index contributed by atoms with van der Waals surface area (Å²) < 4.78 is 2.58. The highest BCUT2D eigenvalue weighted by molar-refractivity contribution is 6.04. The van der Waals surface area contributed by atoms with E-state index in [1.807, 2.05) is 0 Å². The van der Waals surface area contributed by atoms with Gasteiger partial charge in [0, 0.05) is 64.5 Å². The van der Waals surface area contributed by atoms with Crippen LogP contribution in [0.4, 0.5) is 17.1 Å². The second-order valence-electron chi connectivity index (χ2n) is 17.6. The van der Waals surface area contributed by atoms with Gasteiger partial charge in [-0.1, -0.05) is 189 Å². The molecule has 1 atom stereocenters. The lowest BCUT2D eigenvalue weighted by Gasteiger charge is -2.30. The quantitative estimate of drug-likeness (QED) is 0.118. The van der Waals surface area contributed by atoms with E-state index in [1.165, 1.54) is 72.5 Å². The third-order valence-corrected chi connectivity index (χ3v) is 12.2. The van der Waals surface area contributed by atoms with E-state index in [9.17, 15) is 0 Å². The lowest BCUT2D eigenvalue weighted by molar-refractivity contribution is 0.680. The summed E-state index contributed by atoms with van der Waals surface area (Å²) in [4.78, 5) is 8.20. The molecule has 1 N–H and O–H groups in total. The van der Waals surface area contributed by atoms with Crippen LogP contribution >= 0.6 is 0 Å². The Hall–Kier alpha value is -6.13. The van der Waals surface area contributed by atoms with Gasteiger partial charge in [0.1, 0.15) is 0 Å². The van der Waals surface area contributed by atoms with Gasteiger partial charge >= 0.3 is 0 Å². The molecule has 1 aromatic heterocycles. The van der Waals surface area contributed by atoms with Crippen LogP contribution in [0.3, 0.4) is 0 Å². The molecular formula is C56H60N4. The molecule has 1 aliphatic rings. The molecule has 0 aliphatic carbocycles. The van der Waals surface area contributed by atoms with Gasteiger partial charge in [-0.3, -0.25) is 4.99 Å². The first kappa shape index (κ1) is 40.6. The van der Waals surface area contributed by atoms with Crippen molar-refractivity contribution in [3.63, 3.8) is 0 Å². The SMILES string of the molecule is CC(C)c1cccc(C(C)C)c1N=Cc1c(C2/C(=C/Nc3c(C(C)C)cccc3C(C)C)c3ccccc3N2Cc2ccccc2)n(Cc2ccccc2)c2ccccc12. The average Bonchev–Trinajstić information content (AvgIpc) is 3.72. The minimum Gasteiger partial charge on any atom is -0.361 e. The smallest absolute Gasteiger partial charge is 0.0977 e. The number of para-hydroxylation sites is 4. The number of hydrogen-bond acceptors (Lipinski definition) is 3. The fourth-order valence-corrected chi connectivity index (χ4v) is 9.21. The van der Waals surface area contributed by atoms with Crippen LogP contribution in [0.15, 0.2) is 157 Å². The Morgan fingerprint density at radius 1 is 0.550 bits per heavy atom. The lowest BCUT2D eigenvalue weighted by atomic mass is 9.92. The highest BCUT2D eigenvalue weighted by Crippen LogP contribution is 2.51. The number of hydrogen-bond donors (Lipinski definition) is 1. The summed E-state index contributed by atoms with van der Waals surface area (Å²) in [5, 5.41) is 5.20. The van der Waals surface area contributed by atoms with E-state index < -0.39 is 0 Å². The van der Waals surface area contributed by atoms with E-state index >= 15 is 0 Å². The average molecular weight is 789 g/mol. The van der Waals surface area contributed by atoms with Crippen molar-refractivity contribution in [3.8, 4) is 0 Å². The topological polar surface area (TPSA) is 32.6 Å². The summed E-state index contributed by atoms with van der Waals surface area (Å²) in [5.41, 5.74) is 17.4. The van der Waals surface area contributed by atoms with Crippen LogP contribution in [-0.4, -0.2) is 10.8 Å². The number of aliphatic imine (C=N–C) groups is 1. The molecule has 7 aromatic rings. The first-order chi connectivity index (χ1) is 29.1. The third kappa shape index (κ3) is 7.96. The molecule has 0 saturated carbocycles.